The van der Waals surface area contributed by atoms with E-state index >= 15 is 0 Å². The molecular formula is C13H17BrN2O2. The zero-order valence-electron chi connectivity index (χ0n) is 10.5. The summed E-state index contributed by atoms with van der Waals surface area (Å²) in [6.45, 7) is 1.31. The third-order valence-corrected chi connectivity index (χ3v) is 3.64. The Balaban J connectivity index is 2.30. The van der Waals surface area contributed by atoms with Crippen LogP contribution in [0.15, 0.2) is 16.7 Å². The molecule has 4 nitrogen and oxygen atoms in total. The molecule has 0 atom stereocenters. The number of carbonyl (C=O) groups is 1. The maximum Gasteiger partial charge on any atom is 0.156 e. The lowest BCUT2D eigenvalue weighted by molar-refractivity contribution is -0.114. The molecule has 0 fully saturated rings. The maximum absolute atomic E-state index is 11.7. The summed E-state index contributed by atoms with van der Waals surface area (Å²) in [5.74, 6) is 0.217. The van der Waals surface area contributed by atoms with Crippen LogP contribution in [0, 0.1) is 0 Å². The quantitative estimate of drug-likeness (QED) is 0.858. The molecule has 1 aromatic heterocycles. The third kappa shape index (κ3) is 3.09. The van der Waals surface area contributed by atoms with Crippen molar-refractivity contribution in [2.45, 2.75) is 32.2 Å². The van der Waals surface area contributed by atoms with Crippen LogP contribution in [-0.4, -0.2) is 29.3 Å². The van der Waals surface area contributed by atoms with E-state index in [1.165, 1.54) is 0 Å². The molecule has 0 unspecified atom stereocenters. The van der Waals surface area contributed by atoms with E-state index in [2.05, 4.69) is 21.0 Å². The summed E-state index contributed by atoms with van der Waals surface area (Å²) in [5.41, 5.74) is 2.10. The highest BCUT2D eigenvalue weighted by Crippen LogP contribution is 2.30. The molecule has 0 spiro atoms. The zero-order chi connectivity index (χ0) is 13.0. The molecule has 0 N–H and O–H groups in total. The number of hydrogen-bond donors (Lipinski definition) is 0. The van der Waals surface area contributed by atoms with Gasteiger partial charge in [-0.2, -0.15) is 5.10 Å². The monoisotopic (exact) mass is 312 g/mol. The lowest BCUT2D eigenvalue weighted by Crippen LogP contribution is -2.09. The van der Waals surface area contributed by atoms with Crippen LogP contribution in [-0.2, 0) is 16.1 Å². The Morgan fingerprint density at radius 1 is 1.44 bits per heavy atom. The Labute approximate surface area is 115 Å². The van der Waals surface area contributed by atoms with E-state index in [1.807, 2.05) is 4.68 Å². The Morgan fingerprint density at radius 2 is 2.22 bits per heavy atom. The van der Waals surface area contributed by atoms with Gasteiger partial charge in [0.25, 0.3) is 0 Å². The molecule has 1 aliphatic rings. The lowest BCUT2D eigenvalue weighted by atomic mass is 10.1. The minimum absolute atomic E-state index is 0.217. The van der Waals surface area contributed by atoms with Crippen molar-refractivity contribution in [2.75, 3.05) is 13.7 Å². The van der Waals surface area contributed by atoms with Crippen molar-refractivity contribution in [3.63, 3.8) is 0 Å². The van der Waals surface area contributed by atoms with E-state index in [0.29, 0.717) is 19.6 Å². The summed E-state index contributed by atoms with van der Waals surface area (Å²) < 4.78 is 7.93. The fourth-order valence-corrected chi connectivity index (χ4v) is 2.72. The van der Waals surface area contributed by atoms with Crippen molar-refractivity contribution >= 4 is 27.3 Å². The largest absolute Gasteiger partial charge is 0.383 e. The van der Waals surface area contributed by atoms with Gasteiger partial charge in [0, 0.05) is 13.5 Å². The molecule has 1 aliphatic carbocycles. The Morgan fingerprint density at radius 3 is 3.00 bits per heavy atom. The number of carbonyl (C=O) groups excluding carboxylic acids is 1. The van der Waals surface area contributed by atoms with E-state index in [1.54, 1.807) is 19.4 Å². The van der Waals surface area contributed by atoms with E-state index in [4.69, 9.17) is 4.74 Å². The van der Waals surface area contributed by atoms with E-state index < -0.39 is 0 Å². The number of allylic oxidation sites excluding steroid dienone is 2. The molecule has 0 radical (unpaired) electrons. The predicted octanol–water partition coefficient (Wildman–Crippen LogP) is 2.82. The predicted molar refractivity (Wildman–Crippen MR) is 73.3 cm³/mol. The second-order valence-corrected chi connectivity index (χ2v) is 5.25. The SMILES string of the molecule is COCCn1ncc(Br)c1C1=CC(=O)CCCC1. The molecule has 2 rings (SSSR count). The summed E-state index contributed by atoms with van der Waals surface area (Å²) in [6.07, 6.45) is 7.18. The average Bonchev–Trinajstić information content (AvgIpc) is 2.57. The van der Waals surface area contributed by atoms with E-state index in [0.717, 1.165) is 35.0 Å². The number of halogens is 1. The van der Waals surface area contributed by atoms with Crippen molar-refractivity contribution in [3.8, 4) is 0 Å². The van der Waals surface area contributed by atoms with Crippen LogP contribution in [0.5, 0.6) is 0 Å². The smallest absolute Gasteiger partial charge is 0.156 e. The van der Waals surface area contributed by atoms with Gasteiger partial charge in [-0.05, 0) is 46.8 Å². The van der Waals surface area contributed by atoms with Crippen molar-refractivity contribution in [3.05, 3.63) is 22.4 Å². The van der Waals surface area contributed by atoms with Gasteiger partial charge in [0.2, 0.25) is 0 Å². The zero-order valence-corrected chi connectivity index (χ0v) is 12.1. The van der Waals surface area contributed by atoms with Gasteiger partial charge in [0.15, 0.2) is 5.78 Å². The van der Waals surface area contributed by atoms with Crippen molar-refractivity contribution < 1.29 is 9.53 Å². The summed E-state index contributed by atoms with van der Waals surface area (Å²) in [4.78, 5) is 11.7. The number of nitrogens with zero attached hydrogens (tertiary/aromatic N) is 2. The summed E-state index contributed by atoms with van der Waals surface area (Å²) in [5, 5.41) is 4.32. The van der Waals surface area contributed by atoms with Gasteiger partial charge in [-0.15, -0.1) is 0 Å². The van der Waals surface area contributed by atoms with Gasteiger partial charge in [0.1, 0.15) is 0 Å². The highest BCUT2D eigenvalue weighted by atomic mass is 79.9. The standard InChI is InChI=1S/C13H17BrN2O2/c1-18-7-6-16-13(12(14)9-15-16)10-4-2-3-5-11(17)8-10/h8-9H,2-7H2,1H3. The summed E-state index contributed by atoms with van der Waals surface area (Å²) in [7, 11) is 1.67. The maximum atomic E-state index is 11.7. The molecule has 0 saturated heterocycles. The Kier molecular flexibility index (Phi) is 4.72. The molecule has 5 heteroatoms. The van der Waals surface area contributed by atoms with Crippen LogP contribution in [0.3, 0.4) is 0 Å². The fourth-order valence-electron chi connectivity index (χ4n) is 2.17. The van der Waals surface area contributed by atoms with Crippen LogP contribution in [0.1, 0.15) is 31.4 Å². The number of ether oxygens (including phenoxy) is 1. The molecule has 1 aromatic rings. The fraction of sp³-hybridized carbons (Fsp3) is 0.538. The lowest BCUT2D eigenvalue weighted by Gasteiger charge is -2.10. The molecule has 0 bridgehead atoms. The van der Waals surface area contributed by atoms with Crippen LogP contribution in [0.25, 0.3) is 5.57 Å². The number of methoxy groups -OCH3 is 1. The minimum atomic E-state index is 0.217. The number of ketones is 1. The minimum Gasteiger partial charge on any atom is -0.383 e. The second-order valence-electron chi connectivity index (χ2n) is 4.40. The highest BCUT2D eigenvalue weighted by Gasteiger charge is 2.17. The van der Waals surface area contributed by atoms with Crippen LogP contribution in [0.2, 0.25) is 0 Å². The molecule has 0 aliphatic heterocycles. The average molecular weight is 313 g/mol. The normalized spacial score (nSPS) is 16.6. The summed E-state index contributed by atoms with van der Waals surface area (Å²) in [6, 6.07) is 0. The first-order chi connectivity index (χ1) is 8.72. The van der Waals surface area contributed by atoms with Gasteiger partial charge in [-0.3, -0.25) is 9.48 Å². The first-order valence-corrected chi connectivity index (χ1v) is 6.95. The van der Waals surface area contributed by atoms with Crippen molar-refractivity contribution in [1.29, 1.82) is 0 Å². The molecule has 98 valence electrons. The third-order valence-electron chi connectivity index (χ3n) is 3.06. The van der Waals surface area contributed by atoms with Gasteiger partial charge < -0.3 is 4.74 Å². The Bertz CT molecular complexity index is 466. The number of aromatic nitrogens is 2. The van der Waals surface area contributed by atoms with E-state index in [9.17, 15) is 4.79 Å². The molecule has 1 heterocycles. The molecular weight excluding hydrogens is 296 g/mol. The van der Waals surface area contributed by atoms with Gasteiger partial charge >= 0.3 is 0 Å². The number of hydrogen-bond acceptors (Lipinski definition) is 3. The number of rotatable bonds is 4. The van der Waals surface area contributed by atoms with Crippen LogP contribution < -0.4 is 0 Å². The van der Waals surface area contributed by atoms with Crippen LogP contribution in [0.4, 0.5) is 0 Å². The highest BCUT2D eigenvalue weighted by molar-refractivity contribution is 9.10. The first-order valence-electron chi connectivity index (χ1n) is 6.16. The molecule has 0 amide bonds. The van der Waals surface area contributed by atoms with Crippen molar-refractivity contribution in [1.82, 2.24) is 9.78 Å². The van der Waals surface area contributed by atoms with Crippen LogP contribution >= 0.6 is 15.9 Å². The topological polar surface area (TPSA) is 44.1 Å². The van der Waals surface area contributed by atoms with E-state index in [-0.39, 0.29) is 5.78 Å². The molecule has 0 aromatic carbocycles. The molecule has 0 saturated carbocycles. The second kappa shape index (κ2) is 6.29. The Hall–Kier alpha value is -0.940. The first kappa shape index (κ1) is 13.5. The van der Waals surface area contributed by atoms with Crippen molar-refractivity contribution in [2.24, 2.45) is 0 Å². The molecule has 18 heavy (non-hydrogen) atoms. The summed E-state index contributed by atoms with van der Waals surface area (Å²) >= 11 is 3.51. The van der Waals surface area contributed by atoms with Gasteiger partial charge in [0.05, 0.1) is 29.5 Å². The van der Waals surface area contributed by atoms with Gasteiger partial charge in [-0.1, -0.05) is 0 Å². The van der Waals surface area contributed by atoms with Gasteiger partial charge in [-0.25, -0.2) is 0 Å².